The number of nitrogens with zero attached hydrogens (tertiary/aromatic N) is 1. The van der Waals surface area contributed by atoms with Crippen molar-refractivity contribution in [3.63, 3.8) is 0 Å². The Bertz CT molecular complexity index is 441. The van der Waals surface area contributed by atoms with Crippen LogP contribution in [0.2, 0.25) is 0 Å². The third-order valence-corrected chi connectivity index (χ3v) is 3.84. The summed E-state index contributed by atoms with van der Waals surface area (Å²) in [5.41, 5.74) is 1.07. The monoisotopic (exact) mass is 281 g/mol. The average Bonchev–Trinajstić information content (AvgIpc) is 2.49. The number of aliphatic hydroxyl groups is 1. The molecule has 1 unspecified atom stereocenters. The number of aliphatic hydroxyl groups excluding tert-OH is 1. The molecule has 1 heterocycles. The molecule has 1 saturated heterocycles. The molecular formula is C15H20FNO3. The van der Waals surface area contributed by atoms with Gasteiger partial charge in [-0.15, -0.1) is 0 Å². The fourth-order valence-electron chi connectivity index (χ4n) is 2.59. The molecule has 1 atom stereocenters. The van der Waals surface area contributed by atoms with Crippen molar-refractivity contribution in [1.82, 2.24) is 4.90 Å². The van der Waals surface area contributed by atoms with E-state index >= 15 is 0 Å². The third-order valence-electron chi connectivity index (χ3n) is 3.84. The van der Waals surface area contributed by atoms with Gasteiger partial charge in [0.2, 0.25) is 0 Å². The van der Waals surface area contributed by atoms with Gasteiger partial charge in [-0.05, 0) is 49.5 Å². The minimum atomic E-state index is -1.02. The Balaban J connectivity index is 1.82. The summed E-state index contributed by atoms with van der Waals surface area (Å²) >= 11 is 0. The number of hydrogen-bond donors (Lipinski definition) is 1. The quantitative estimate of drug-likeness (QED) is 0.851. The molecule has 2 rings (SSSR count). The second kappa shape index (κ2) is 6.81. The SMILES string of the molecule is COC(=O)C(O)C1CCN(Cc2ccc(F)cc2)CC1. The van der Waals surface area contributed by atoms with Crippen molar-refractivity contribution in [2.75, 3.05) is 20.2 Å². The number of likely N-dealkylation sites (tertiary alicyclic amines) is 1. The van der Waals surface area contributed by atoms with E-state index in [-0.39, 0.29) is 11.7 Å². The third kappa shape index (κ3) is 3.77. The zero-order valence-corrected chi connectivity index (χ0v) is 11.6. The largest absolute Gasteiger partial charge is 0.467 e. The highest BCUT2D eigenvalue weighted by Gasteiger charge is 2.30. The van der Waals surface area contributed by atoms with E-state index in [4.69, 9.17) is 0 Å². The first-order valence-electron chi connectivity index (χ1n) is 6.83. The normalized spacial score (nSPS) is 18.8. The van der Waals surface area contributed by atoms with E-state index in [1.807, 2.05) is 0 Å². The summed E-state index contributed by atoms with van der Waals surface area (Å²) in [6.07, 6.45) is 0.502. The molecule has 4 nitrogen and oxygen atoms in total. The number of benzene rings is 1. The molecule has 0 bridgehead atoms. The summed E-state index contributed by atoms with van der Waals surface area (Å²) in [6, 6.07) is 6.49. The Morgan fingerprint density at radius 1 is 1.40 bits per heavy atom. The molecule has 0 aliphatic carbocycles. The van der Waals surface area contributed by atoms with Crippen LogP contribution in [0.25, 0.3) is 0 Å². The molecule has 0 radical (unpaired) electrons. The molecule has 1 aliphatic heterocycles. The maximum atomic E-state index is 12.8. The van der Waals surface area contributed by atoms with E-state index in [1.54, 1.807) is 12.1 Å². The summed E-state index contributed by atoms with van der Waals surface area (Å²) in [7, 11) is 1.29. The van der Waals surface area contributed by atoms with Crippen molar-refractivity contribution in [3.8, 4) is 0 Å². The first kappa shape index (κ1) is 14.9. The van der Waals surface area contributed by atoms with Gasteiger partial charge in [-0.1, -0.05) is 12.1 Å². The smallest absolute Gasteiger partial charge is 0.334 e. The fourth-order valence-corrected chi connectivity index (χ4v) is 2.59. The molecular weight excluding hydrogens is 261 g/mol. The number of methoxy groups -OCH3 is 1. The zero-order chi connectivity index (χ0) is 14.5. The second-order valence-electron chi connectivity index (χ2n) is 5.21. The van der Waals surface area contributed by atoms with Gasteiger partial charge in [-0.3, -0.25) is 4.90 Å². The van der Waals surface area contributed by atoms with Crippen molar-refractivity contribution < 1.29 is 19.0 Å². The van der Waals surface area contributed by atoms with E-state index in [0.29, 0.717) is 0 Å². The van der Waals surface area contributed by atoms with Gasteiger partial charge in [-0.2, -0.15) is 0 Å². The molecule has 1 N–H and O–H groups in total. The Morgan fingerprint density at radius 3 is 2.55 bits per heavy atom. The number of esters is 1. The number of carbonyl (C=O) groups excluding carboxylic acids is 1. The molecule has 1 fully saturated rings. The molecule has 20 heavy (non-hydrogen) atoms. The lowest BCUT2D eigenvalue weighted by molar-refractivity contribution is -0.154. The van der Waals surface area contributed by atoms with E-state index in [1.165, 1.54) is 19.2 Å². The minimum absolute atomic E-state index is 0.0353. The fraction of sp³-hybridized carbons (Fsp3) is 0.533. The summed E-state index contributed by atoms with van der Waals surface area (Å²) in [4.78, 5) is 13.5. The Kier molecular flexibility index (Phi) is 5.09. The van der Waals surface area contributed by atoms with Crippen LogP contribution in [-0.2, 0) is 16.1 Å². The minimum Gasteiger partial charge on any atom is -0.467 e. The molecule has 1 aromatic carbocycles. The molecule has 110 valence electrons. The van der Waals surface area contributed by atoms with E-state index in [2.05, 4.69) is 9.64 Å². The van der Waals surface area contributed by atoms with Gasteiger partial charge in [0, 0.05) is 6.54 Å². The van der Waals surface area contributed by atoms with E-state index in [0.717, 1.165) is 38.0 Å². The highest BCUT2D eigenvalue weighted by Crippen LogP contribution is 2.22. The van der Waals surface area contributed by atoms with Crippen LogP contribution in [-0.4, -0.2) is 42.3 Å². The van der Waals surface area contributed by atoms with Gasteiger partial charge in [0.1, 0.15) is 5.82 Å². The summed E-state index contributed by atoms with van der Waals surface area (Å²) in [5, 5.41) is 9.81. The van der Waals surface area contributed by atoms with Crippen LogP contribution >= 0.6 is 0 Å². The van der Waals surface area contributed by atoms with Crippen LogP contribution in [0.15, 0.2) is 24.3 Å². The number of carbonyl (C=O) groups is 1. The maximum absolute atomic E-state index is 12.8. The number of piperidine rings is 1. The van der Waals surface area contributed by atoms with E-state index in [9.17, 15) is 14.3 Å². The number of hydrogen-bond acceptors (Lipinski definition) is 4. The predicted octanol–water partition coefficient (Wildman–Crippen LogP) is 1.57. The van der Waals surface area contributed by atoms with Crippen LogP contribution in [0.1, 0.15) is 18.4 Å². The first-order chi connectivity index (χ1) is 9.60. The maximum Gasteiger partial charge on any atom is 0.334 e. The van der Waals surface area contributed by atoms with Gasteiger partial charge in [0.15, 0.2) is 6.10 Å². The summed E-state index contributed by atoms with van der Waals surface area (Å²) < 4.78 is 17.4. The van der Waals surface area contributed by atoms with Gasteiger partial charge in [0.25, 0.3) is 0 Å². The molecule has 1 aliphatic rings. The van der Waals surface area contributed by atoms with Gasteiger partial charge >= 0.3 is 5.97 Å². The average molecular weight is 281 g/mol. The lowest BCUT2D eigenvalue weighted by Gasteiger charge is -2.33. The number of ether oxygens (including phenoxy) is 1. The van der Waals surface area contributed by atoms with Crippen LogP contribution in [0, 0.1) is 11.7 Å². The molecule has 0 amide bonds. The number of halogens is 1. The Morgan fingerprint density at radius 2 is 2.00 bits per heavy atom. The second-order valence-corrected chi connectivity index (χ2v) is 5.21. The van der Waals surface area contributed by atoms with Crippen LogP contribution in [0.5, 0.6) is 0 Å². The molecule has 0 spiro atoms. The zero-order valence-electron chi connectivity index (χ0n) is 11.6. The Labute approximate surface area is 118 Å². The Hall–Kier alpha value is -1.46. The number of rotatable bonds is 4. The van der Waals surface area contributed by atoms with Crippen molar-refractivity contribution >= 4 is 5.97 Å². The lowest BCUT2D eigenvalue weighted by atomic mass is 9.91. The molecule has 0 saturated carbocycles. The van der Waals surface area contributed by atoms with Crippen molar-refractivity contribution in [2.24, 2.45) is 5.92 Å². The van der Waals surface area contributed by atoms with Gasteiger partial charge < -0.3 is 9.84 Å². The van der Waals surface area contributed by atoms with Crippen molar-refractivity contribution in [2.45, 2.75) is 25.5 Å². The molecule has 5 heteroatoms. The lowest BCUT2D eigenvalue weighted by Crippen LogP contribution is -2.40. The highest BCUT2D eigenvalue weighted by atomic mass is 19.1. The van der Waals surface area contributed by atoms with E-state index < -0.39 is 12.1 Å². The van der Waals surface area contributed by atoms with Crippen molar-refractivity contribution in [3.05, 3.63) is 35.6 Å². The topological polar surface area (TPSA) is 49.8 Å². The molecule has 1 aromatic rings. The van der Waals surface area contributed by atoms with Gasteiger partial charge in [0.05, 0.1) is 7.11 Å². The predicted molar refractivity (Wildman–Crippen MR) is 72.4 cm³/mol. The van der Waals surface area contributed by atoms with Gasteiger partial charge in [-0.25, -0.2) is 9.18 Å². The molecule has 0 aromatic heterocycles. The summed E-state index contributed by atoms with van der Waals surface area (Å²) in [6.45, 7) is 2.40. The standard InChI is InChI=1S/C15H20FNO3/c1-20-15(19)14(18)12-6-8-17(9-7-12)10-11-2-4-13(16)5-3-11/h2-5,12,14,18H,6-10H2,1H3. The highest BCUT2D eigenvalue weighted by molar-refractivity contribution is 5.74. The first-order valence-corrected chi connectivity index (χ1v) is 6.83. The van der Waals surface area contributed by atoms with Crippen molar-refractivity contribution in [1.29, 1.82) is 0 Å². The van der Waals surface area contributed by atoms with Crippen LogP contribution in [0.3, 0.4) is 0 Å². The summed E-state index contributed by atoms with van der Waals surface area (Å²) in [5.74, 6) is -0.817. The van der Waals surface area contributed by atoms with Crippen LogP contribution in [0.4, 0.5) is 4.39 Å². The van der Waals surface area contributed by atoms with Crippen LogP contribution < -0.4 is 0 Å².